The second kappa shape index (κ2) is 5.12. The Kier molecular flexibility index (Phi) is 3.45. The summed E-state index contributed by atoms with van der Waals surface area (Å²) >= 11 is 5.97. The molecule has 0 radical (unpaired) electrons. The van der Waals surface area contributed by atoms with Gasteiger partial charge in [0.05, 0.1) is 6.10 Å². The molecule has 1 heterocycles. The van der Waals surface area contributed by atoms with E-state index in [1.165, 1.54) is 11.1 Å². The van der Waals surface area contributed by atoms with Crippen LogP contribution >= 0.6 is 11.6 Å². The number of aliphatic hydroxyl groups excluding tert-OH is 1. The number of rotatable bonds is 1. The lowest BCUT2D eigenvalue weighted by molar-refractivity contribution is 0.0657. The van der Waals surface area contributed by atoms with Gasteiger partial charge >= 0.3 is 0 Å². The van der Waals surface area contributed by atoms with E-state index < -0.39 is 6.10 Å². The van der Waals surface area contributed by atoms with Gasteiger partial charge in [0, 0.05) is 17.0 Å². The largest absolute Gasteiger partial charge is 0.485 e. The van der Waals surface area contributed by atoms with E-state index in [0.717, 1.165) is 16.9 Å². The SMILES string of the molecule is Cc1ccc(C2C[C@@H](O)c3cc(Cl)ccc3O2)cc1C. The molecule has 0 aliphatic carbocycles. The first kappa shape index (κ1) is 13.5. The summed E-state index contributed by atoms with van der Waals surface area (Å²) in [6.07, 6.45) is -0.0995. The van der Waals surface area contributed by atoms with Crippen LogP contribution in [-0.4, -0.2) is 5.11 Å². The number of benzene rings is 2. The molecule has 0 amide bonds. The first-order valence-electron chi connectivity index (χ1n) is 6.76. The Morgan fingerprint density at radius 1 is 1.10 bits per heavy atom. The lowest BCUT2D eigenvalue weighted by atomic mass is 9.93. The second-order valence-corrected chi connectivity index (χ2v) is 5.82. The van der Waals surface area contributed by atoms with Crippen LogP contribution in [-0.2, 0) is 0 Å². The van der Waals surface area contributed by atoms with Crippen molar-refractivity contribution in [3.8, 4) is 5.75 Å². The van der Waals surface area contributed by atoms with Gasteiger partial charge in [0.1, 0.15) is 11.9 Å². The summed E-state index contributed by atoms with van der Waals surface area (Å²) in [6, 6.07) is 11.7. The third-order valence-electron chi connectivity index (χ3n) is 3.94. The summed E-state index contributed by atoms with van der Waals surface area (Å²) in [6.45, 7) is 4.18. The Bertz CT molecular complexity index is 651. The van der Waals surface area contributed by atoms with Crippen LogP contribution < -0.4 is 4.74 Å². The highest BCUT2D eigenvalue weighted by Crippen LogP contribution is 2.41. The van der Waals surface area contributed by atoms with Gasteiger partial charge in [-0.25, -0.2) is 0 Å². The smallest absolute Gasteiger partial charge is 0.127 e. The zero-order valence-corrected chi connectivity index (χ0v) is 12.3. The van der Waals surface area contributed by atoms with Crippen molar-refractivity contribution in [1.82, 2.24) is 0 Å². The van der Waals surface area contributed by atoms with E-state index in [0.29, 0.717) is 11.4 Å². The van der Waals surface area contributed by atoms with Gasteiger partial charge in [-0.3, -0.25) is 0 Å². The predicted molar refractivity (Wildman–Crippen MR) is 80.3 cm³/mol. The molecule has 3 rings (SSSR count). The van der Waals surface area contributed by atoms with Crippen LogP contribution in [0.15, 0.2) is 36.4 Å². The van der Waals surface area contributed by atoms with Gasteiger partial charge in [-0.05, 0) is 48.7 Å². The highest BCUT2D eigenvalue weighted by molar-refractivity contribution is 6.30. The molecule has 0 fully saturated rings. The van der Waals surface area contributed by atoms with Gasteiger partial charge < -0.3 is 9.84 Å². The molecule has 0 bridgehead atoms. The van der Waals surface area contributed by atoms with E-state index in [-0.39, 0.29) is 6.10 Å². The fourth-order valence-electron chi connectivity index (χ4n) is 2.59. The number of aliphatic hydroxyl groups is 1. The Hall–Kier alpha value is -1.51. The summed E-state index contributed by atoms with van der Waals surface area (Å²) < 4.78 is 6.02. The molecule has 2 aromatic rings. The molecule has 1 unspecified atom stereocenters. The average molecular weight is 289 g/mol. The van der Waals surface area contributed by atoms with Gasteiger partial charge in [-0.2, -0.15) is 0 Å². The van der Waals surface area contributed by atoms with Crippen LogP contribution in [0.3, 0.4) is 0 Å². The molecule has 0 saturated carbocycles. The fraction of sp³-hybridized carbons (Fsp3) is 0.294. The van der Waals surface area contributed by atoms with E-state index in [1.807, 2.05) is 6.07 Å². The third-order valence-corrected chi connectivity index (χ3v) is 4.18. The lowest BCUT2D eigenvalue weighted by Crippen LogP contribution is -2.19. The zero-order chi connectivity index (χ0) is 14.3. The van der Waals surface area contributed by atoms with Gasteiger partial charge in [-0.1, -0.05) is 29.8 Å². The summed E-state index contributed by atoms with van der Waals surface area (Å²) in [5, 5.41) is 10.9. The highest BCUT2D eigenvalue weighted by Gasteiger charge is 2.28. The Morgan fingerprint density at radius 2 is 1.90 bits per heavy atom. The first-order valence-corrected chi connectivity index (χ1v) is 7.13. The van der Waals surface area contributed by atoms with Crippen molar-refractivity contribution in [2.75, 3.05) is 0 Å². The van der Waals surface area contributed by atoms with Crippen molar-refractivity contribution in [2.45, 2.75) is 32.5 Å². The minimum Gasteiger partial charge on any atom is -0.485 e. The zero-order valence-electron chi connectivity index (χ0n) is 11.6. The maximum Gasteiger partial charge on any atom is 0.127 e. The van der Waals surface area contributed by atoms with E-state index in [9.17, 15) is 5.11 Å². The van der Waals surface area contributed by atoms with Crippen LogP contribution in [0, 0.1) is 13.8 Å². The number of ether oxygens (including phenoxy) is 1. The minimum absolute atomic E-state index is 0.113. The monoisotopic (exact) mass is 288 g/mol. The molecule has 0 saturated heterocycles. The molecule has 104 valence electrons. The molecule has 20 heavy (non-hydrogen) atoms. The number of halogens is 1. The van der Waals surface area contributed by atoms with Gasteiger partial charge in [0.15, 0.2) is 0 Å². The molecule has 1 N–H and O–H groups in total. The molecule has 1 aliphatic heterocycles. The number of aryl methyl sites for hydroxylation is 2. The van der Waals surface area contributed by atoms with Crippen LogP contribution in [0.2, 0.25) is 5.02 Å². The van der Waals surface area contributed by atoms with E-state index in [2.05, 4.69) is 32.0 Å². The molecule has 2 atom stereocenters. The molecule has 2 aromatic carbocycles. The fourth-order valence-corrected chi connectivity index (χ4v) is 2.77. The summed E-state index contributed by atoms with van der Waals surface area (Å²) in [4.78, 5) is 0. The Balaban J connectivity index is 1.94. The third kappa shape index (κ3) is 2.41. The van der Waals surface area contributed by atoms with Gasteiger partial charge in [-0.15, -0.1) is 0 Å². The summed E-state index contributed by atoms with van der Waals surface area (Å²) in [7, 11) is 0. The minimum atomic E-state index is -0.538. The summed E-state index contributed by atoms with van der Waals surface area (Å²) in [5.74, 6) is 0.719. The van der Waals surface area contributed by atoms with E-state index in [1.54, 1.807) is 12.1 Å². The quantitative estimate of drug-likeness (QED) is 0.836. The van der Waals surface area contributed by atoms with Crippen molar-refractivity contribution >= 4 is 11.6 Å². The number of hydrogen-bond acceptors (Lipinski definition) is 2. The van der Waals surface area contributed by atoms with Crippen LogP contribution in [0.4, 0.5) is 0 Å². The van der Waals surface area contributed by atoms with Crippen molar-refractivity contribution < 1.29 is 9.84 Å². The maximum atomic E-state index is 10.3. The molecule has 0 aromatic heterocycles. The van der Waals surface area contributed by atoms with E-state index in [4.69, 9.17) is 16.3 Å². The molecular formula is C17H17ClO2. The highest BCUT2D eigenvalue weighted by atomic mass is 35.5. The van der Waals surface area contributed by atoms with Crippen molar-refractivity contribution in [3.05, 3.63) is 63.7 Å². The molecular weight excluding hydrogens is 272 g/mol. The van der Waals surface area contributed by atoms with Crippen molar-refractivity contribution in [2.24, 2.45) is 0 Å². The predicted octanol–water partition coefficient (Wildman–Crippen LogP) is 4.51. The Morgan fingerprint density at radius 3 is 2.65 bits per heavy atom. The molecule has 3 heteroatoms. The standard InChI is InChI=1S/C17H17ClO2/c1-10-3-4-12(7-11(10)2)17-9-15(19)14-8-13(18)5-6-16(14)20-17/h3-8,15,17,19H,9H2,1-2H3/t15-,17?/m1/s1. The van der Waals surface area contributed by atoms with Crippen LogP contribution in [0.1, 0.15) is 40.9 Å². The Labute approximate surface area is 124 Å². The second-order valence-electron chi connectivity index (χ2n) is 5.38. The average Bonchev–Trinajstić information content (AvgIpc) is 2.42. The van der Waals surface area contributed by atoms with Crippen molar-refractivity contribution in [1.29, 1.82) is 0 Å². The lowest BCUT2D eigenvalue weighted by Gasteiger charge is -2.30. The normalized spacial score (nSPS) is 21.2. The van der Waals surface area contributed by atoms with Crippen molar-refractivity contribution in [3.63, 3.8) is 0 Å². The van der Waals surface area contributed by atoms with Crippen LogP contribution in [0.5, 0.6) is 5.75 Å². The molecule has 2 nitrogen and oxygen atoms in total. The van der Waals surface area contributed by atoms with Gasteiger partial charge in [0.25, 0.3) is 0 Å². The summed E-state index contributed by atoms with van der Waals surface area (Å²) in [5.41, 5.74) is 4.38. The maximum absolute atomic E-state index is 10.3. The van der Waals surface area contributed by atoms with E-state index >= 15 is 0 Å². The molecule has 1 aliphatic rings. The number of fused-ring (bicyclic) bond motifs is 1. The van der Waals surface area contributed by atoms with Crippen LogP contribution in [0.25, 0.3) is 0 Å². The topological polar surface area (TPSA) is 29.5 Å². The van der Waals surface area contributed by atoms with Gasteiger partial charge in [0.2, 0.25) is 0 Å². The first-order chi connectivity index (χ1) is 9.54. The number of hydrogen-bond donors (Lipinski definition) is 1. The molecule has 0 spiro atoms.